The summed E-state index contributed by atoms with van der Waals surface area (Å²) in [5.41, 5.74) is 15.1. The molecule has 0 amide bonds. The van der Waals surface area contributed by atoms with Crippen LogP contribution in [0.1, 0.15) is 59.1 Å². The summed E-state index contributed by atoms with van der Waals surface area (Å²) >= 11 is 0. The standard InChI is InChI=1S/C49H39NO/c1-34-41(35-18-5-2-6-19-35)33-45(50-48(34)36-20-7-3-8-21-36)38-23-17-22-37(32-38)40-26-11-12-27-42(40)49(39-24-9-4-10-25-39)43-28-13-15-30-46(43)51-47-31-16-14-29-44(47)49/h2-5,7-11,13-18,20-26,28-33H,6,12,19,27H2,1H3. The third kappa shape index (κ3) is 5.30. The molecule has 0 radical (unpaired) electrons. The van der Waals surface area contributed by atoms with E-state index in [1.165, 1.54) is 50.1 Å². The van der Waals surface area contributed by atoms with Crippen molar-refractivity contribution in [2.75, 3.05) is 0 Å². The first-order chi connectivity index (χ1) is 25.2. The Morgan fingerprint density at radius 3 is 1.98 bits per heavy atom. The number of ether oxygens (including phenoxy) is 1. The second-order valence-corrected chi connectivity index (χ2v) is 13.7. The van der Waals surface area contributed by atoms with E-state index in [1.54, 1.807) is 0 Å². The minimum atomic E-state index is -0.528. The van der Waals surface area contributed by atoms with Crippen LogP contribution in [0.15, 0.2) is 175 Å². The van der Waals surface area contributed by atoms with Crippen molar-refractivity contribution in [3.63, 3.8) is 0 Å². The van der Waals surface area contributed by atoms with Crippen LogP contribution in [-0.4, -0.2) is 4.98 Å². The molecule has 0 N–H and O–H groups in total. The molecule has 2 heterocycles. The van der Waals surface area contributed by atoms with Gasteiger partial charge in [0.2, 0.25) is 0 Å². The lowest BCUT2D eigenvalue weighted by Crippen LogP contribution is -2.36. The fourth-order valence-electron chi connectivity index (χ4n) is 8.46. The summed E-state index contributed by atoms with van der Waals surface area (Å²) in [5.74, 6) is 1.82. The first-order valence-corrected chi connectivity index (χ1v) is 18.1. The Hall–Kier alpha value is -5.99. The zero-order chi connectivity index (χ0) is 34.2. The molecule has 0 fully saturated rings. The molecule has 1 aromatic heterocycles. The van der Waals surface area contributed by atoms with E-state index in [9.17, 15) is 0 Å². The van der Waals surface area contributed by atoms with E-state index in [1.807, 2.05) is 0 Å². The molecule has 0 unspecified atom stereocenters. The zero-order valence-corrected chi connectivity index (χ0v) is 28.8. The van der Waals surface area contributed by atoms with Crippen LogP contribution in [0.4, 0.5) is 0 Å². The topological polar surface area (TPSA) is 22.1 Å². The van der Waals surface area contributed by atoms with Crippen molar-refractivity contribution in [2.45, 2.75) is 38.0 Å². The normalized spacial score (nSPS) is 15.8. The second-order valence-electron chi connectivity index (χ2n) is 13.7. The van der Waals surface area contributed by atoms with Crippen molar-refractivity contribution in [1.82, 2.24) is 4.98 Å². The van der Waals surface area contributed by atoms with E-state index >= 15 is 0 Å². The molecule has 1 aliphatic heterocycles. The molecule has 51 heavy (non-hydrogen) atoms. The van der Waals surface area contributed by atoms with Crippen molar-refractivity contribution in [3.05, 3.63) is 209 Å². The smallest absolute Gasteiger partial charge is 0.132 e. The highest BCUT2D eigenvalue weighted by Gasteiger charge is 2.47. The number of hydrogen-bond donors (Lipinski definition) is 0. The number of fused-ring (bicyclic) bond motifs is 2. The number of pyridine rings is 1. The van der Waals surface area contributed by atoms with Crippen molar-refractivity contribution in [2.24, 2.45) is 0 Å². The highest BCUT2D eigenvalue weighted by Crippen LogP contribution is 2.58. The zero-order valence-electron chi connectivity index (χ0n) is 28.8. The van der Waals surface area contributed by atoms with Crippen LogP contribution in [0.3, 0.4) is 0 Å². The largest absolute Gasteiger partial charge is 0.457 e. The van der Waals surface area contributed by atoms with E-state index in [4.69, 9.17) is 9.72 Å². The van der Waals surface area contributed by atoms with Crippen molar-refractivity contribution >= 4 is 11.1 Å². The van der Waals surface area contributed by atoms with Crippen LogP contribution < -0.4 is 4.74 Å². The van der Waals surface area contributed by atoms with Crippen molar-refractivity contribution in [1.29, 1.82) is 0 Å². The molecule has 0 bridgehead atoms. The molecular weight excluding hydrogens is 619 g/mol. The molecule has 2 aliphatic carbocycles. The molecule has 3 aliphatic rings. The third-order valence-electron chi connectivity index (χ3n) is 10.8. The molecular formula is C49H39NO. The maximum atomic E-state index is 6.62. The van der Waals surface area contributed by atoms with Crippen LogP contribution >= 0.6 is 0 Å². The number of aromatic nitrogens is 1. The summed E-state index contributed by atoms with van der Waals surface area (Å²) in [5, 5.41) is 0. The number of para-hydroxylation sites is 2. The third-order valence-corrected chi connectivity index (χ3v) is 10.8. The van der Waals surface area contributed by atoms with Gasteiger partial charge in [-0.2, -0.15) is 0 Å². The van der Waals surface area contributed by atoms with E-state index in [2.05, 4.69) is 177 Å². The summed E-state index contributed by atoms with van der Waals surface area (Å²) in [7, 11) is 0. The average molecular weight is 658 g/mol. The predicted molar refractivity (Wildman–Crippen MR) is 211 cm³/mol. The van der Waals surface area contributed by atoms with E-state index in [0.29, 0.717) is 0 Å². The summed E-state index contributed by atoms with van der Waals surface area (Å²) in [6, 6.07) is 50.2. The minimum Gasteiger partial charge on any atom is -0.457 e. The number of allylic oxidation sites excluding steroid dienone is 8. The van der Waals surface area contributed by atoms with Crippen LogP contribution in [-0.2, 0) is 5.41 Å². The molecule has 0 saturated heterocycles. The second kappa shape index (κ2) is 13.0. The molecule has 0 saturated carbocycles. The fraction of sp³-hybridized carbons (Fsp3) is 0.122. The Morgan fingerprint density at radius 2 is 1.25 bits per heavy atom. The molecule has 6 aromatic rings. The summed E-state index contributed by atoms with van der Waals surface area (Å²) in [4.78, 5) is 5.39. The fourth-order valence-corrected chi connectivity index (χ4v) is 8.46. The quantitative estimate of drug-likeness (QED) is 0.178. The first-order valence-electron chi connectivity index (χ1n) is 18.1. The Kier molecular flexibility index (Phi) is 7.93. The van der Waals surface area contributed by atoms with Crippen molar-refractivity contribution in [3.8, 4) is 34.0 Å². The Balaban J connectivity index is 1.28. The minimum absolute atomic E-state index is 0.528. The molecule has 2 heteroatoms. The van der Waals surface area contributed by atoms with Gasteiger partial charge in [-0.1, -0.05) is 146 Å². The number of nitrogens with zero attached hydrogens (tertiary/aromatic N) is 1. The molecule has 246 valence electrons. The summed E-state index contributed by atoms with van der Waals surface area (Å²) < 4.78 is 6.62. The van der Waals surface area contributed by atoms with Crippen LogP contribution in [0.5, 0.6) is 11.5 Å². The summed E-state index contributed by atoms with van der Waals surface area (Å²) in [6.07, 6.45) is 15.4. The molecule has 5 aromatic carbocycles. The van der Waals surface area contributed by atoms with E-state index in [0.717, 1.165) is 59.7 Å². The lowest BCUT2D eigenvalue weighted by molar-refractivity contribution is 0.430. The number of benzene rings is 5. The Bertz CT molecular complexity index is 2350. The highest BCUT2D eigenvalue weighted by molar-refractivity contribution is 5.87. The van der Waals surface area contributed by atoms with Gasteiger partial charge in [0.1, 0.15) is 11.5 Å². The SMILES string of the molecule is Cc1c(C2=CC=CCC2)cc(-c2cccc(C3=C(C4(c5ccccc5)c5ccccc5Oc5ccccc54)CCC=C3)c2)nc1-c1ccccc1. The Labute approximate surface area is 300 Å². The first kappa shape index (κ1) is 31.0. The number of hydrogen-bond acceptors (Lipinski definition) is 2. The monoisotopic (exact) mass is 657 g/mol. The van der Waals surface area contributed by atoms with Crippen molar-refractivity contribution < 1.29 is 4.74 Å². The number of rotatable bonds is 6. The van der Waals surface area contributed by atoms with Gasteiger partial charge in [0, 0.05) is 22.3 Å². The molecule has 9 rings (SSSR count). The van der Waals surface area contributed by atoms with Gasteiger partial charge in [0.05, 0.1) is 16.8 Å². The van der Waals surface area contributed by atoms with Gasteiger partial charge in [-0.25, -0.2) is 4.98 Å². The average Bonchev–Trinajstić information content (AvgIpc) is 3.21. The van der Waals surface area contributed by atoms with Gasteiger partial charge in [-0.3, -0.25) is 0 Å². The molecule has 0 atom stereocenters. The van der Waals surface area contributed by atoms with Gasteiger partial charge < -0.3 is 4.74 Å². The maximum Gasteiger partial charge on any atom is 0.132 e. The van der Waals surface area contributed by atoms with E-state index in [-0.39, 0.29) is 0 Å². The predicted octanol–water partition coefficient (Wildman–Crippen LogP) is 12.7. The van der Waals surface area contributed by atoms with Gasteiger partial charge in [0.15, 0.2) is 0 Å². The summed E-state index contributed by atoms with van der Waals surface area (Å²) in [6.45, 7) is 2.22. The maximum absolute atomic E-state index is 6.62. The van der Waals surface area contributed by atoms with Gasteiger partial charge in [-0.15, -0.1) is 0 Å². The van der Waals surface area contributed by atoms with Crippen LogP contribution in [0.25, 0.3) is 33.7 Å². The van der Waals surface area contributed by atoms with Crippen LogP contribution in [0, 0.1) is 6.92 Å². The lowest BCUT2D eigenvalue weighted by atomic mass is 9.60. The van der Waals surface area contributed by atoms with Gasteiger partial charge in [-0.05, 0) is 95.8 Å². The Morgan fingerprint density at radius 1 is 0.608 bits per heavy atom. The highest BCUT2D eigenvalue weighted by atomic mass is 16.5. The lowest BCUT2D eigenvalue weighted by Gasteiger charge is -2.44. The van der Waals surface area contributed by atoms with Crippen LogP contribution in [0.2, 0.25) is 0 Å². The van der Waals surface area contributed by atoms with Gasteiger partial charge >= 0.3 is 0 Å². The molecule has 0 spiro atoms. The van der Waals surface area contributed by atoms with Gasteiger partial charge in [0.25, 0.3) is 0 Å². The molecule has 2 nitrogen and oxygen atoms in total. The van der Waals surface area contributed by atoms with E-state index < -0.39 is 5.41 Å².